The van der Waals surface area contributed by atoms with Crippen LogP contribution in [0.5, 0.6) is 17.2 Å². The number of piperidine rings is 1. The van der Waals surface area contributed by atoms with Gasteiger partial charge in [0, 0.05) is 30.0 Å². The molecule has 2 fully saturated rings. The number of ether oxygens (including phenoxy) is 2. The van der Waals surface area contributed by atoms with Gasteiger partial charge in [-0.25, -0.2) is 18.8 Å². The lowest BCUT2D eigenvalue weighted by atomic mass is 10.1. The number of para-hydroxylation sites is 1. The Morgan fingerprint density at radius 2 is 1.82 bits per heavy atom. The molecule has 51 heavy (non-hydrogen) atoms. The number of ketones is 1. The quantitative estimate of drug-likeness (QED) is 0.115. The highest BCUT2D eigenvalue weighted by Gasteiger charge is 2.40. The highest BCUT2D eigenvalue weighted by atomic mass is 19.1. The third-order valence-corrected chi connectivity index (χ3v) is 9.40. The molecule has 264 valence electrons. The van der Waals surface area contributed by atoms with Crippen molar-refractivity contribution in [2.45, 2.75) is 51.8 Å². The van der Waals surface area contributed by atoms with Crippen molar-refractivity contribution in [3.05, 3.63) is 89.5 Å². The van der Waals surface area contributed by atoms with Crippen molar-refractivity contribution < 1.29 is 33.4 Å². The van der Waals surface area contributed by atoms with Crippen molar-refractivity contribution in [2.75, 3.05) is 30.3 Å². The smallest absolute Gasteiger partial charge is 0.329 e. The van der Waals surface area contributed by atoms with Crippen LogP contribution in [0.15, 0.2) is 66.9 Å². The summed E-state index contributed by atoms with van der Waals surface area (Å²) in [5.41, 5.74) is 8.79. The fourth-order valence-electron chi connectivity index (χ4n) is 6.52. The summed E-state index contributed by atoms with van der Waals surface area (Å²) in [6, 6.07) is 14.9. The van der Waals surface area contributed by atoms with Crippen LogP contribution in [0, 0.1) is 12.7 Å². The molecule has 2 aliphatic heterocycles. The van der Waals surface area contributed by atoms with Gasteiger partial charge in [0.15, 0.2) is 11.6 Å². The molecule has 0 aliphatic carbocycles. The lowest BCUT2D eigenvalue weighted by molar-refractivity contribution is -0.119. The van der Waals surface area contributed by atoms with E-state index in [0.717, 1.165) is 30.8 Å². The minimum Gasteiger partial charge on any atom is -0.488 e. The molecule has 1 atom stereocenters. The third kappa shape index (κ3) is 6.39. The molecular weight excluding hydrogens is 657 g/mol. The molecule has 0 saturated carbocycles. The van der Waals surface area contributed by atoms with Crippen LogP contribution >= 0.6 is 0 Å². The molecule has 2 saturated heterocycles. The van der Waals surface area contributed by atoms with Crippen LogP contribution in [0.3, 0.4) is 0 Å². The SMILES string of the molecule is Cc1cc(-n2ncc(C(=O)c3cc4cc(OC5CCN(C(C)C)CC5)c(N5C(=O)N[C@@H](CO)C5=O)cc4[nH]3)c2N)ccc1Oc1ccccc1F. The van der Waals surface area contributed by atoms with Crippen LogP contribution in [0.25, 0.3) is 16.6 Å². The number of H-pyrrole nitrogens is 1. The van der Waals surface area contributed by atoms with Gasteiger partial charge in [0.2, 0.25) is 5.78 Å². The molecule has 0 spiro atoms. The van der Waals surface area contributed by atoms with Gasteiger partial charge in [-0.3, -0.25) is 9.59 Å². The molecule has 13 nitrogen and oxygen atoms in total. The maximum Gasteiger partial charge on any atom is 0.329 e. The van der Waals surface area contributed by atoms with E-state index in [-0.39, 0.29) is 34.6 Å². The van der Waals surface area contributed by atoms with Gasteiger partial charge in [0.25, 0.3) is 5.91 Å². The molecule has 3 amide bonds. The Hall–Kier alpha value is -5.73. The monoisotopic (exact) mass is 695 g/mol. The average molecular weight is 696 g/mol. The number of urea groups is 1. The number of hydrogen-bond donors (Lipinski definition) is 4. The van der Waals surface area contributed by atoms with Crippen molar-refractivity contribution in [1.82, 2.24) is 25.0 Å². The van der Waals surface area contributed by atoms with E-state index in [4.69, 9.17) is 15.2 Å². The summed E-state index contributed by atoms with van der Waals surface area (Å²) in [5, 5.41) is 17.2. The maximum atomic E-state index is 14.2. The van der Waals surface area contributed by atoms with E-state index in [2.05, 4.69) is 34.1 Å². The number of imide groups is 1. The van der Waals surface area contributed by atoms with Crippen molar-refractivity contribution >= 4 is 40.1 Å². The minimum absolute atomic E-state index is 0.0978. The second kappa shape index (κ2) is 13.5. The second-order valence-electron chi connectivity index (χ2n) is 13.1. The molecule has 2 aromatic heterocycles. The number of anilines is 2. The molecule has 5 N–H and O–H groups in total. The first-order valence-electron chi connectivity index (χ1n) is 16.8. The molecule has 5 aromatic rings. The Balaban J connectivity index is 1.18. The standard InChI is InChI=1S/C37H38FN7O6/c1-20(2)43-12-10-24(11-13-43)50-33-16-22-15-28(41-27(22)17-30(33)44-36(48)29(19-46)42-37(44)49)34(47)25-18-40-45(35(25)39)23-8-9-31(21(3)14-23)51-32-7-5-4-6-26(32)38/h4-9,14-18,20,24,29,41,46H,10-13,19,39H2,1-3H3,(H,42,49)/t29-/m0/s1. The number of amides is 3. The number of aromatic amines is 1. The van der Waals surface area contributed by atoms with Crippen LogP contribution in [0.2, 0.25) is 0 Å². The normalized spacial score (nSPS) is 17.1. The molecule has 0 bridgehead atoms. The molecular formula is C37H38FN7O6. The van der Waals surface area contributed by atoms with E-state index < -0.39 is 36.2 Å². The number of nitrogens with two attached hydrogens (primary N) is 1. The largest absolute Gasteiger partial charge is 0.488 e. The van der Waals surface area contributed by atoms with Gasteiger partial charge in [-0.05, 0) is 87.7 Å². The van der Waals surface area contributed by atoms with E-state index in [1.807, 2.05) is 0 Å². The summed E-state index contributed by atoms with van der Waals surface area (Å²) < 4.78 is 27.8. The van der Waals surface area contributed by atoms with Gasteiger partial charge in [0.1, 0.15) is 29.5 Å². The number of hydrogen-bond acceptors (Lipinski definition) is 9. The zero-order valence-corrected chi connectivity index (χ0v) is 28.4. The number of aliphatic hydroxyl groups excluding tert-OH is 1. The molecule has 3 aromatic carbocycles. The summed E-state index contributed by atoms with van der Waals surface area (Å²) in [6.07, 6.45) is 2.75. The number of carbonyl (C=O) groups is 3. The fraction of sp³-hybridized carbons (Fsp3) is 0.297. The van der Waals surface area contributed by atoms with Crippen LogP contribution < -0.4 is 25.4 Å². The molecule has 0 unspecified atom stereocenters. The van der Waals surface area contributed by atoms with Gasteiger partial charge in [-0.15, -0.1) is 0 Å². The number of aryl methyl sites for hydroxylation is 1. The number of nitrogen functional groups attached to an aromatic ring is 1. The topological polar surface area (TPSA) is 168 Å². The third-order valence-electron chi connectivity index (χ3n) is 9.40. The molecule has 7 rings (SSSR count). The zero-order chi connectivity index (χ0) is 36.0. The van der Waals surface area contributed by atoms with Crippen molar-refractivity contribution in [3.63, 3.8) is 0 Å². The number of halogens is 1. The average Bonchev–Trinajstić information content (AvgIpc) is 3.79. The molecule has 4 heterocycles. The number of carbonyl (C=O) groups excluding carboxylic acids is 3. The molecule has 0 radical (unpaired) electrons. The number of nitrogens with zero attached hydrogens (tertiary/aromatic N) is 4. The Morgan fingerprint density at radius 1 is 1.06 bits per heavy atom. The Bertz CT molecular complexity index is 2150. The predicted octanol–water partition coefficient (Wildman–Crippen LogP) is 5.08. The summed E-state index contributed by atoms with van der Waals surface area (Å²) in [7, 11) is 0. The van der Waals surface area contributed by atoms with E-state index in [1.165, 1.54) is 23.0 Å². The number of rotatable bonds is 10. The number of benzene rings is 3. The first kappa shape index (κ1) is 33.8. The number of nitrogens with one attached hydrogen (secondary N) is 2. The Kier molecular flexibility index (Phi) is 8.95. The van der Waals surface area contributed by atoms with E-state index in [0.29, 0.717) is 39.7 Å². The van der Waals surface area contributed by atoms with Crippen LogP contribution in [-0.2, 0) is 4.79 Å². The van der Waals surface area contributed by atoms with Gasteiger partial charge in [-0.2, -0.15) is 5.10 Å². The molecule has 2 aliphatic rings. The Labute approximate surface area is 292 Å². The number of likely N-dealkylation sites (tertiary alicyclic amines) is 1. The van der Waals surface area contributed by atoms with E-state index >= 15 is 0 Å². The maximum absolute atomic E-state index is 14.2. The fourth-order valence-corrected chi connectivity index (χ4v) is 6.52. The number of aromatic nitrogens is 3. The highest BCUT2D eigenvalue weighted by molar-refractivity contribution is 6.23. The number of aliphatic hydroxyl groups is 1. The highest BCUT2D eigenvalue weighted by Crippen LogP contribution is 2.38. The van der Waals surface area contributed by atoms with Crippen molar-refractivity contribution in [2.24, 2.45) is 0 Å². The second-order valence-corrected chi connectivity index (χ2v) is 13.1. The number of fused-ring (bicyclic) bond motifs is 1. The van der Waals surface area contributed by atoms with Crippen molar-refractivity contribution in [1.29, 1.82) is 0 Å². The van der Waals surface area contributed by atoms with E-state index in [1.54, 1.807) is 55.5 Å². The Morgan fingerprint density at radius 3 is 2.51 bits per heavy atom. The summed E-state index contributed by atoms with van der Waals surface area (Å²) >= 11 is 0. The van der Waals surface area contributed by atoms with Crippen LogP contribution in [-0.4, -0.2) is 80.4 Å². The van der Waals surface area contributed by atoms with Gasteiger partial charge in [-0.1, -0.05) is 12.1 Å². The first-order valence-corrected chi connectivity index (χ1v) is 16.8. The molecule has 14 heteroatoms. The van der Waals surface area contributed by atoms with Gasteiger partial charge in [0.05, 0.1) is 35.4 Å². The summed E-state index contributed by atoms with van der Waals surface area (Å²) in [6.45, 7) is 7.25. The predicted molar refractivity (Wildman–Crippen MR) is 188 cm³/mol. The minimum atomic E-state index is -1.07. The first-order chi connectivity index (χ1) is 24.5. The van der Waals surface area contributed by atoms with Gasteiger partial charge < -0.3 is 35.5 Å². The summed E-state index contributed by atoms with van der Waals surface area (Å²) in [5.74, 6) is -0.542. The van der Waals surface area contributed by atoms with Crippen LogP contribution in [0.4, 0.5) is 20.7 Å². The van der Waals surface area contributed by atoms with Crippen molar-refractivity contribution in [3.8, 4) is 22.9 Å². The summed E-state index contributed by atoms with van der Waals surface area (Å²) in [4.78, 5) is 46.4. The van der Waals surface area contributed by atoms with E-state index in [9.17, 15) is 23.9 Å². The zero-order valence-electron chi connectivity index (χ0n) is 28.4. The van der Waals surface area contributed by atoms with Gasteiger partial charge >= 0.3 is 6.03 Å². The lowest BCUT2D eigenvalue weighted by Crippen LogP contribution is -2.42. The van der Waals surface area contributed by atoms with Crippen LogP contribution in [0.1, 0.15) is 48.3 Å². The lowest BCUT2D eigenvalue weighted by Gasteiger charge is -2.35.